The monoisotopic (exact) mass is 357 g/mol. The first kappa shape index (κ1) is 17.1. The molecule has 0 radical (unpaired) electrons. The van der Waals surface area contributed by atoms with E-state index in [1.165, 1.54) is 0 Å². The molecule has 3 heterocycles. The SMILES string of the molecule is O=C(NCCOc1ccc2ncccc2c1)N1CCC2(CC1)OCCO2. The molecular formula is C19H23N3O4. The number of ether oxygens (including phenoxy) is 3. The number of hydrogen-bond donors (Lipinski definition) is 1. The maximum atomic E-state index is 12.3. The number of pyridine rings is 1. The summed E-state index contributed by atoms with van der Waals surface area (Å²) in [6.07, 6.45) is 3.22. The molecule has 138 valence electrons. The van der Waals surface area contributed by atoms with Crippen molar-refractivity contribution in [2.24, 2.45) is 0 Å². The molecule has 0 unspecified atom stereocenters. The van der Waals surface area contributed by atoms with Crippen LogP contribution in [0.5, 0.6) is 5.75 Å². The lowest BCUT2D eigenvalue weighted by Gasteiger charge is -2.37. The third kappa shape index (κ3) is 3.73. The van der Waals surface area contributed by atoms with Crippen LogP contribution in [0.4, 0.5) is 4.79 Å². The summed E-state index contributed by atoms with van der Waals surface area (Å²) in [5, 5.41) is 3.94. The van der Waals surface area contributed by atoms with Gasteiger partial charge in [0.1, 0.15) is 12.4 Å². The molecular weight excluding hydrogens is 334 g/mol. The molecule has 1 aromatic carbocycles. The Balaban J connectivity index is 1.20. The molecule has 2 fully saturated rings. The number of carbonyl (C=O) groups excluding carboxylic acids is 1. The van der Waals surface area contributed by atoms with Gasteiger partial charge in [-0.25, -0.2) is 4.79 Å². The minimum absolute atomic E-state index is 0.0656. The van der Waals surface area contributed by atoms with Crippen LogP contribution in [0.2, 0.25) is 0 Å². The van der Waals surface area contributed by atoms with E-state index in [1.807, 2.05) is 30.3 Å². The second-order valence-electron chi connectivity index (χ2n) is 6.53. The first-order chi connectivity index (χ1) is 12.7. The Morgan fingerprint density at radius 1 is 1.23 bits per heavy atom. The Kier molecular flexibility index (Phi) is 4.90. The number of rotatable bonds is 4. The Morgan fingerprint density at radius 2 is 2.04 bits per heavy atom. The van der Waals surface area contributed by atoms with E-state index < -0.39 is 5.79 Å². The molecule has 2 aliphatic heterocycles. The van der Waals surface area contributed by atoms with Crippen molar-refractivity contribution in [3.05, 3.63) is 36.5 Å². The zero-order chi connectivity index (χ0) is 17.8. The molecule has 0 aliphatic carbocycles. The van der Waals surface area contributed by atoms with E-state index in [9.17, 15) is 4.79 Å². The molecule has 26 heavy (non-hydrogen) atoms. The van der Waals surface area contributed by atoms with Crippen molar-refractivity contribution in [3.63, 3.8) is 0 Å². The van der Waals surface area contributed by atoms with Crippen LogP contribution < -0.4 is 10.1 Å². The van der Waals surface area contributed by atoms with Gasteiger partial charge in [0.05, 0.1) is 25.3 Å². The Labute approximate surface area is 152 Å². The van der Waals surface area contributed by atoms with E-state index in [0.29, 0.717) is 39.5 Å². The molecule has 0 bridgehead atoms. The van der Waals surface area contributed by atoms with Crippen LogP contribution >= 0.6 is 0 Å². The highest BCUT2D eigenvalue weighted by atomic mass is 16.7. The molecule has 1 spiro atoms. The standard InChI is InChI=1S/C19H23N3O4/c23-18(22-9-5-19(6-10-22)25-12-13-26-19)21-8-11-24-16-3-4-17-15(14-16)2-1-7-20-17/h1-4,7,14H,5-6,8-13H2,(H,21,23). The van der Waals surface area contributed by atoms with E-state index in [-0.39, 0.29) is 6.03 Å². The largest absolute Gasteiger partial charge is 0.492 e. The third-order valence-electron chi connectivity index (χ3n) is 4.85. The number of nitrogens with one attached hydrogen (secondary N) is 1. The normalized spacial score (nSPS) is 19.0. The number of nitrogens with zero attached hydrogens (tertiary/aromatic N) is 2. The van der Waals surface area contributed by atoms with Gasteiger partial charge in [0, 0.05) is 37.5 Å². The quantitative estimate of drug-likeness (QED) is 0.849. The second-order valence-corrected chi connectivity index (χ2v) is 6.53. The lowest BCUT2D eigenvalue weighted by Crippen LogP contribution is -2.50. The van der Waals surface area contributed by atoms with Gasteiger partial charge in [0.25, 0.3) is 0 Å². The van der Waals surface area contributed by atoms with Crippen molar-refractivity contribution >= 4 is 16.9 Å². The zero-order valence-corrected chi connectivity index (χ0v) is 14.6. The van der Waals surface area contributed by atoms with Crippen molar-refractivity contribution in [1.29, 1.82) is 0 Å². The van der Waals surface area contributed by atoms with Crippen LogP contribution in [-0.4, -0.2) is 61.2 Å². The zero-order valence-electron chi connectivity index (χ0n) is 14.6. The summed E-state index contributed by atoms with van der Waals surface area (Å²) in [5.74, 6) is 0.320. The Hall–Kier alpha value is -2.38. The van der Waals surface area contributed by atoms with Crippen LogP contribution in [0.3, 0.4) is 0 Å². The van der Waals surface area contributed by atoms with Gasteiger partial charge in [-0.3, -0.25) is 4.98 Å². The van der Waals surface area contributed by atoms with Crippen molar-refractivity contribution in [2.45, 2.75) is 18.6 Å². The van der Waals surface area contributed by atoms with Gasteiger partial charge < -0.3 is 24.4 Å². The summed E-state index contributed by atoms with van der Waals surface area (Å²) in [5.41, 5.74) is 0.936. The highest BCUT2D eigenvalue weighted by molar-refractivity contribution is 5.79. The van der Waals surface area contributed by atoms with Crippen LogP contribution in [0.1, 0.15) is 12.8 Å². The van der Waals surface area contributed by atoms with Gasteiger partial charge in [0.15, 0.2) is 5.79 Å². The van der Waals surface area contributed by atoms with Gasteiger partial charge in [-0.1, -0.05) is 6.07 Å². The first-order valence-corrected chi connectivity index (χ1v) is 9.02. The molecule has 2 aliphatic rings. The second kappa shape index (κ2) is 7.47. The molecule has 2 aromatic rings. The van der Waals surface area contributed by atoms with Crippen LogP contribution in [0.25, 0.3) is 10.9 Å². The van der Waals surface area contributed by atoms with Crippen LogP contribution in [-0.2, 0) is 9.47 Å². The van der Waals surface area contributed by atoms with Crippen molar-refractivity contribution in [1.82, 2.24) is 15.2 Å². The fourth-order valence-corrected chi connectivity index (χ4v) is 3.42. The van der Waals surface area contributed by atoms with E-state index in [2.05, 4.69) is 10.3 Å². The summed E-state index contributed by atoms with van der Waals surface area (Å²) in [6.45, 7) is 3.46. The topological polar surface area (TPSA) is 72.9 Å². The highest BCUT2D eigenvalue weighted by Crippen LogP contribution is 2.31. The number of amides is 2. The first-order valence-electron chi connectivity index (χ1n) is 9.02. The van der Waals surface area contributed by atoms with E-state index in [1.54, 1.807) is 11.1 Å². The average Bonchev–Trinajstić information content (AvgIpc) is 3.13. The molecule has 2 amide bonds. The maximum absolute atomic E-state index is 12.3. The number of hydrogen-bond acceptors (Lipinski definition) is 5. The number of piperidine rings is 1. The minimum atomic E-state index is -0.454. The van der Waals surface area contributed by atoms with Crippen molar-refractivity contribution < 1.29 is 19.0 Å². The predicted molar refractivity (Wildman–Crippen MR) is 96.1 cm³/mol. The fourth-order valence-electron chi connectivity index (χ4n) is 3.42. The number of benzene rings is 1. The number of likely N-dealkylation sites (tertiary alicyclic amines) is 1. The van der Waals surface area contributed by atoms with E-state index >= 15 is 0 Å². The van der Waals surface area contributed by atoms with Gasteiger partial charge in [0.2, 0.25) is 0 Å². The lowest BCUT2D eigenvalue weighted by molar-refractivity contribution is -0.181. The molecule has 0 saturated carbocycles. The lowest BCUT2D eigenvalue weighted by atomic mass is 10.0. The molecule has 4 rings (SSSR count). The Bertz CT molecular complexity index is 766. The summed E-state index contributed by atoms with van der Waals surface area (Å²) < 4.78 is 17.1. The summed E-state index contributed by atoms with van der Waals surface area (Å²) in [4.78, 5) is 18.3. The molecule has 1 aromatic heterocycles. The smallest absolute Gasteiger partial charge is 0.317 e. The average molecular weight is 357 g/mol. The number of fused-ring (bicyclic) bond motifs is 1. The van der Waals surface area contributed by atoms with Crippen molar-refractivity contribution in [2.75, 3.05) is 39.5 Å². The van der Waals surface area contributed by atoms with Gasteiger partial charge >= 0.3 is 6.03 Å². The van der Waals surface area contributed by atoms with E-state index in [0.717, 1.165) is 29.5 Å². The van der Waals surface area contributed by atoms with Gasteiger partial charge in [-0.2, -0.15) is 0 Å². The van der Waals surface area contributed by atoms with Gasteiger partial charge in [-0.15, -0.1) is 0 Å². The number of carbonyl (C=O) groups is 1. The summed E-state index contributed by atoms with van der Waals surface area (Å²) >= 11 is 0. The summed E-state index contributed by atoms with van der Waals surface area (Å²) in [6, 6.07) is 9.61. The number of aromatic nitrogens is 1. The Morgan fingerprint density at radius 3 is 2.85 bits per heavy atom. The van der Waals surface area contributed by atoms with Gasteiger partial charge in [-0.05, 0) is 24.3 Å². The summed E-state index contributed by atoms with van der Waals surface area (Å²) in [7, 11) is 0. The molecule has 7 heteroatoms. The molecule has 2 saturated heterocycles. The minimum Gasteiger partial charge on any atom is -0.492 e. The van der Waals surface area contributed by atoms with Crippen LogP contribution in [0.15, 0.2) is 36.5 Å². The fraction of sp³-hybridized carbons (Fsp3) is 0.474. The third-order valence-corrected chi connectivity index (χ3v) is 4.85. The highest BCUT2D eigenvalue weighted by Gasteiger charge is 2.40. The molecule has 7 nitrogen and oxygen atoms in total. The molecule has 0 atom stereocenters. The number of urea groups is 1. The molecule has 1 N–H and O–H groups in total. The van der Waals surface area contributed by atoms with E-state index in [4.69, 9.17) is 14.2 Å². The predicted octanol–water partition coefficient (Wildman–Crippen LogP) is 2.16. The van der Waals surface area contributed by atoms with Crippen molar-refractivity contribution in [3.8, 4) is 5.75 Å². The maximum Gasteiger partial charge on any atom is 0.317 e. The van der Waals surface area contributed by atoms with Crippen LogP contribution in [0, 0.1) is 0 Å².